The van der Waals surface area contributed by atoms with E-state index in [1.54, 1.807) is 4.52 Å². The molecule has 0 spiro atoms. The number of aromatic nitrogens is 3. The topological polar surface area (TPSA) is 59.5 Å². The van der Waals surface area contributed by atoms with Gasteiger partial charge in [0.2, 0.25) is 5.95 Å². The number of pyridine rings is 1. The first-order valence-corrected chi connectivity index (χ1v) is 6.73. The third-order valence-corrected chi connectivity index (χ3v) is 3.83. The Hall–Kier alpha value is -2.56. The molecule has 2 aromatic heterocycles. The molecule has 20 heavy (non-hydrogen) atoms. The molecule has 4 rings (SSSR count). The molecule has 3 heterocycles. The summed E-state index contributed by atoms with van der Waals surface area (Å²) >= 11 is 0. The van der Waals surface area contributed by atoms with Crippen LogP contribution in [-0.2, 0) is 13.0 Å². The molecule has 1 aliphatic heterocycles. The number of nitrogens with two attached hydrogens (primary N) is 1. The van der Waals surface area contributed by atoms with Crippen LogP contribution in [0.15, 0.2) is 42.6 Å². The van der Waals surface area contributed by atoms with Crippen molar-refractivity contribution in [1.82, 2.24) is 14.6 Å². The SMILES string of the molecule is Nc1nc2cc(N3CCc4ccccc4C3)ccn2n1. The molecule has 0 amide bonds. The highest BCUT2D eigenvalue weighted by molar-refractivity contribution is 5.58. The maximum atomic E-state index is 5.63. The maximum absolute atomic E-state index is 5.63. The minimum atomic E-state index is 0.311. The van der Waals surface area contributed by atoms with Gasteiger partial charge in [-0.25, -0.2) is 4.52 Å². The van der Waals surface area contributed by atoms with Crippen molar-refractivity contribution >= 4 is 17.3 Å². The van der Waals surface area contributed by atoms with Crippen LogP contribution in [-0.4, -0.2) is 21.1 Å². The van der Waals surface area contributed by atoms with Gasteiger partial charge in [-0.3, -0.25) is 0 Å². The fraction of sp³-hybridized carbons (Fsp3) is 0.200. The highest BCUT2D eigenvalue weighted by atomic mass is 15.3. The largest absolute Gasteiger partial charge is 0.367 e. The van der Waals surface area contributed by atoms with Crippen LogP contribution in [0, 0.1) is 0 Å². The third-order valence-electron chi connectivity index (χ3n) is 3.83. The number of hydrogen-bond donors (Lipinski definition) is 1. The Morgan fingerprint density at radius 2 is 1.95 bits per heavy atom. The number of anilines is 2. The van der Waals surface area contributed by atoms with Crippen LogP contribution < -0.4 is 10.6 Å². The Balaban J connectivity index is 1.70. The van der Waals surface area contributed by atoms with E-state index in [9.17, 15) is 0 Å². The second-order valence-corrected chi connectivity index (χ2v) is 5.10. The van der Waals surface area contributed by atoms with E-state index in [1.165, 1.54) is 16.8 Å². The van der Waals surface area contributed by atoms with E-state index in [1.807, 2.05) is 12.3 Å². The molecular formula is C15H15N5. The van der Waals surface area contributed by atoms with Gasteiger partial charge in [-0.15, -0.1) is 5.10 Å². The molecule has 0 aliphatic carbocycles. The molecule has 0 unspecified atom stereocenters. The van der Waals surface area contributed by atoms with Gasteiger partial charge >= 0.3 is 0 Å². The number of fused-ring (bicyclic) bond motifs is 2. The van der Waals surface area contributed by atoms with Crippen LogP contribution in [0.4, 0.5) is 11.6 Å². The summed E-state index contributed by atoms with van der Waals surface area (Å²) in [6.45, 7) is 1.97. The Kier molecular flexibility index (Phi) is 2.39. The minimum absolute atomic E-state index is 0.311. The summed E-state index contributed by atoms with van der Waals surface area (Å²) in [7, 11) is 0. The van der Waals surface area contributed by atoms with Gasteiger partial charge in [-0.2, -0.15) is 4.98 Å². The summed E-state index contributed by atoms with van der Waals surface area (Å²) in [6.07, 6.45) is 2.99. The van der Waals surface area contributed by atoms with Gasteiger partial charge < -0.3 is 10.6 Å². The highest BCUT2D eigenvalue weighted by Crippen LogP contribution is 2.25. The molecule has 5 heteroatoms. The van der Waals surface area contributed by atoms with Crippen molar-refractivity contribution in [3.63, 3.8) is 0 Å². The van der Waals surface area contributed by atoms with Crippen LogP contribution in [0.2, 0.25) is 0 Å². The van der Waals surface area contributed by atoms with E-state index in [4.69, 9.17) is 5.73 Å². The summed E-state index contributed by atoms with van der Waals surface area (Å²) in [6, 6.07) is 12.7. The standard InChI is InChI=1S/C15H15N5/c16-15-17-14-9-13(6-8-20(14)18-15)19-7-5-11-3-1-2-4-12(11)10-19/h1-4,6,8-9H,5,7,10H2,(H2,16,18). The molecule has 0 saturated heterocycles. The van der Waals surface area contributed by atoms with Crippen molar-refractivity contribution in [3.8, 4) is 0 Å². The zero-order valence-electron chi connectivity index (χ0n) is 11.0. The van der Waals surface area contributed by atoms with Crippen molar-refractivity contribution in [2.75, 3.05) is 17.2 Å². The van der Waals surface area contributed by atoms with E-state index in [0.29, 0.717) is 5.95 Å². The fourth-order valence-electron chi connectivity index (χ4n) is 2.80. The second-order valence-electron chi connectivity index (χ2n) is 5.10. The van der Waals surface area contributed by atoms with Crippen molar-refractivity contribution in [3.05, 3.63) is 53.7 Å². The smallest absolute Gasteiger partial charge is 0.240 e. The van der Waals surface area contributed by atoms with Crippen LogP contribution in [0.3, 0.4) is 0 Å². The van der Waals surface area contributed by atoms with Gasteiger partial charge in [0, 0.05) is 31.0 Å². The van der Waals surface area contributed by atoms with E-state index in [2.05, 4.69) is 45.3 Å². The summed E-state index contributed by atoms with van der Waals surface area (Å²) in [5.74, 6) is 0.311. The molecule has 0 bridgehead atoms. The van der Waals surface area contributed by atoms with Gasteiger partial charge in [-0.1, -0.05) is 24.3 Å². The Bertz CT molecular complexity index is 777. The number of nitrogens with zero attached hydrogens (tertiary/aromatic N) is 4. The van der Waals surface area contributed by atoms with Crippen molar-refractivity contribution in [2.24, 2.45) is 0 Å². The second kappa shape index (κ2) is 4.23. The van der Waals surface area contributed by atoms with E-state index < -0.39 is 0 Å². The summed E-state index contributed by atoms with van der Waals surface area (Å²) < 4.78 is 1.71. The van der Waals surface area contributed by atoms with Gasteiger partial charge in [0.1, 0.15) is 0 Å². The predicted octanol–water partition coefficient (Wildman–Crippen LogP) is 1.87. The van der Waals surface area contributed by atoms with Gasteiger partial charge in [0.25, 0.3) is 0 Å². The van der Waals surface area contributed by atoms with Crippen molar-refractivity contribution < 1.29 is 0 Å². The lowest BCUT2D eigenvalue weighted by atomic mass is 9.99. The summed E-state index contributed by atoms with van der Waals surface area (Å²) in [4.78, 5) is 6.58. The van der Waals surface area contributed by atoms with Gasteiger partial charge in [-0.05, 0) is 23.6 Å². The zero-order valence-corrected chi connectivity index (χ0v) is 11.0. The summed E-state index contributed by atoms with van der Waals surface area (Å²) in [5.41, 5.74) is 10.4. The van der Waals surface area contributed by atoms with E-state index in [-0.39, 0.29) is 0 Å². The zero-order chi connectivity index (χ0) is 13.5. The average molecular weight is 265 g/mol. The van der Waals surface area contributed by atoms with Crippen molar-refractivity contribution in [1.29, 1.82) is 0 Å². The molecule has 0 atom stereocenters. The number of nitrogen functional groups attached to an aromatic ring is 1. The van der Waals surface area contributed by atoms with Crippen LogP contribution in [0.1, 0.15) is 11.1 Å². The molecular weight excluding hydrogens is 250 g/mol. The van der Waals surface area contributed by atoms with Crippen LogP contribution >= 0.6 is 0 Å². The van der Waals surface area contributed by atoms with Crippen molar-refractivity contribution in [2.45, 2.75) is 13.0 Å². The Labute approximate surface area is 116 Å². The molecule has 0 fully saturated rings. The Morgan fingerprint density at radius 1 is 1.10 bits per heavy atom. The number of benzene rings is 1. The summed E-state index contributed by atoms with van der Waals surface area (Å²) in [5, 5.41) is 4.10. The molecule has 0 radical (unpaired) electrons. The number of hydrogen-bond acceptors (Lipinski definition) is 4. The molecule has 1 aliphatic rings. The van der Waals surface area contributed by atoms with Crippen LogP contribution in [0.5, 0.6) is 0 Å². The lowest BCUT2D eigenvalue weighted by Gasteiger charge is -2.30. The van der Waals surface area contributed by atoms with Gasteiger partial charge in [0.05, 0.1) is 0 Å². The van der Waals surface area contributed by atoms with E-state index >= 15 is 0 Å². The predicted molar refractivity (Wildman–Crippen MR) is 78.6 cm³/mol. The molecule has 2 N–H and O–H groups in total. The number of rotatable bonds is 1. The minimum Gasteiger partial charge on any atom is -0.367 e. The average Bonchev–Trinajstić information content (AvgIpc) is 2.85. The Morgan fingerprint density at radius 3 is 2.85 bits per heavy atom. The molecule has 5 nitrogen and oxygen atoms in total. The maximum Gasteiger partial charge on any atom is 0.240 e. The normalized spacial score (nSPS) is 14.5. The first-order chi connectivity index (χ1) is 9.79. The van der Waals surface area contributed by atoms with E-state index in [0.717, 1.165) is 25.2 Å². The first-order valence-electron chi connectivity index (χ1n) is 6.73. The molecule has 1 aromatic carbocycles. The monoisotopic (exact) mass is 265 g/mol. The molecule has 100 valence electrons. The third kappa shape index (κ3) is 1.79. The van der Waals surface area contributed by atoms with Gasteiger partial charge in [0.15, 0.2) is 5.65 Å². The fourth-order valence-corrected chi connectivity index (χ4v) is 2.80. The highest BCUT2D eigenvalue weighted by Gasteiger charge is 2.16. The lowest BCUT2D eigenvalue weighted by molar-refractivity contribution is 0.731. The quantitative estimate of drug-likeness (QED) is 0.729. The lowest BCUT2D eigenvalue weighted by Crippen LogP contribution is -2.30. The molecule has 0 saturated carbocycles. The van der Waals surface area contributed by atoms with Crippen LogP contribution in [0.25, 0.3) is 5.65 Å². The molecule has 3 aromatic rings. The first kappa shape index (κ1) is 11.3.